The topological polar surface area (TPSA) is 20.2 Å². The number of aliphatic hydroxyl groups excluding tert-OH is 1. The van der Waals surface area contributed by atoms with Crippen LogP contribution in [0.3, 0.4) is 0 Å². The molecule has 0 heterocycles. The third kappa shape index (κ3) is 2.60. The van der Waals surface area contributed by atoms with Crippen molar-refractivity contribution in [3.8, 4) is 0 Å². The molecule has 0 saturated heterocycles. The second-order valence-corrected chi connectivity index (χ2v) is 4.71. The highest BCUT2D eigenvalue weighted by Crippen LogP contribution is 2.38. The van der Waals surface area contributed by atoms with E-state index in [1.165, 1.54) is 30.4 Å². The monoisotopic (exact) mass is 204 g/mol. The SMILES string of the molecule is CC(O)CCc1ccccc1C1CCC1. The average molecular weight is 204 g/mol. The average Bonchev–Trinajstić information content (AvgIpc) is 2.14. The van der Waals surface area contributed by atoms with Crippen LogP contribution in [0.15, 0.2) is 24.3 Å². The van der Waals surface area contributed by atoms with E-state index in [0.717, 1.165) is 18.8 Å². The Bertz CT molecular complexity index is 313. The Morgan fingerprint density at radius 1 is 1.33 bits per heavy atom. The lowest BCUT2D eigenvalue weighted by Crippen LogP contribution is -2.12. The van der Waals surface area contributed by atoms with Crippen molar-refractivity contribution in [2.75, 3.05) is 0 Å². The van der Waals surface area contributed by atoms with Crippen molar-refractivity contribution in [3.63, 3.8) is 0 Å². The van der Waals surface area contributed by atoms with Gasteiger partial charge in [-0.3, -0.25) is 0 Å². The van der Waals surface area contributed by atoms with Crippen LogP contribution in [0.2, 0.25) is 0 Å². The molecule has 1 aliphatic carbocycles. The predicted molar refractivity (Wildman–Crippen MR) is 63.0 cm³/mol. The van der Waals surface area contributed by atoms with E-state index in [2.05, 4.69) is 24.3 Å². The van der Waals surface area contributed by atoms with Crippen molar-refractivity contribution in [2.45, 2.75) is 51.0 Å². The summed E-state index contributed by atoms with van der Waals surface area (Å²) in [4.78, 5) is 0. The Balaban J connectivity index is 2.07. The fourth-order valence-electron chi connectivity index (χ4n) is 2.24. The number of aliphatic hydroxyl groups is 1. The Kier molecular flexibility index (Phi) is 3.42. The van der Waals surface area contributed by atoms with Crippen molar-refractivity contribution < 1.29 is 5.11 Å². The van der Waals surface area contributed by atoms with Gasteiger partial charge in [0.15, 0.2) is 0 Å². The molecule has 1 atom stereocenters. The lowest BCUT2D eigenvalue weighted by atomic mass is 9.77. The normalized spacial score (nSPS) is 18.5. The first kappa shape index (κ1) is 10.7. The maximum Gasteiger partial charge on any atom is 0.0515 e. The Morgan fingerprint density at radius 3 is 2.67 bits per heavy atom. The molecule has 1 aromatic carbocycles. The summed E-state index contributed by atoms with van der Waals surface area (Å²) in [6, 6.07) is 8.73. The van der Waals surface area contributed by atoms with Crippen molar-refractivity contribution in [1.29, 1.82) is 0 Å². The van der Waals surface area contributed by atoms with E-state index >= 15 is 0 Å². The van der Waals surface area contributed by atoms with Crippen LogP contribution in [0.5, 0.6) is 0 Å². The van der Waals surface area contributed by atoms with E-state index in [1.54, 1.807) is 0 Å². The minimum atomic E-state index is -0.181. The fraction of sp³-hybridized carbons (Fsp3) is 0.571. The molecular weight excluding hydrogens is 184 g/mol. The molecule has 0 aliphatic heterocycles. The highest BCUT2D eigenvalue weighted by Gasteiger charge is 2.21. The Labute approximate surface area is 92.1 Å². The third-order valence-electron chi connectivity index (χ3n) is 3.43. The van der Waals surface area contributed by atoms with Crippen LogP contribution in [-0.2, 0) is 6.42 Å². The van der Waals surface area contributed by atoms with E-state index in [0.29, 0.717) is 0 Å². The first-order valence-corrected chi connectivity index (χ1v) is 6.03. The maximum atomic E-state index is 9.31. The van der Waals surface area contributed by atoms with Crippen molar-refractivity contribution in [2.24, 2.45) is 0 Å². The molecule has 1 aliphatic rings. The molecular formula is C14H20O. The van der Waals surface area contributed by atoms with Gasteiger partial charge < -0.3 is 5.11 Å². The van der Waals surface area contributed by atoms with Crippen LogP contribution in [0.4, 0.5) is 0 Å². The highest BCUT2D eigenvalue weighted by atomic mass is 16.3. The number of rotatable bonds is 4. The second kappa shape index (κ2) is 4.80. The summed E-state index contributed by atoms with van der Waals surface area (Å²) in [5, 5.41) is 9.31. The number of hydrogen-bond acceptors (Lipinski definition) is 1. The van der Waals surface area contributed by atoms with Gasteiger partial charge >= 0.3 is 0 Å². The van der Waals surface area contributed by atoms with Crippen LogP contribution >= 0.6 is 0 Å². The zero-order valence-electron chi connectivity index (χ0n) is 9.45. The fourth-order valence-corrected chi connectivity index (χ4v) is 2.24. The highest BCUT2D eigenvalue weighted by molar-refractivity contribution is 5.31. The summed E-state index contributed by atoms with van der Waals surface area (Å²) >= 11 is 0. The molecule has 0 bridgehead atoms. The smallest absolute Gasteiger partial charge is 0.0515 e. The molecule has 82 valence electrons. The molecule has 1 heteroatoms. The van der Waals surface area contributed by atoms with Gasteiger partial charge in [-0.05, 0) is 49.7 Å². The lowest BCUT2D eigenvalue weighted by molar-refractivity contribution is 0.184. The van der Waals surface area contributed by atoms with Crippen LogP contribution in [0.1, 0.15) is 49.7 Å². The van der Waals surface area contributed by atoms with Gasteiger partial charge in [0.05, 0.1) is 6.10 Å². The lowest BCUT2D eigenvalue weighted by Gasteiger charge is -2.28. The molecule has 1 aromatic rings. The van der Waals surface area contributed by atoms with Crippen molar-refractivity contribution in [1.82, 2.24) is 0 Å². The van der Waals surface area contributed by atoms with Gasteiger partial charge in [0.2, 0.25) is 0 Å². The maximum absolute atomic E-state index is 9.31. The van der Waals surface area contributed by atoms with E-state index in [4.69, 9.17) is 0 Å². The molecule has 0 radical (unpaired) electrons. The molecule has 15 heavy (non-hydrogen) atoms. The number of benzene rings is 1. The molecule has 1 N–H and O–H groups in total. The predicted octanol–water partition coefficient (Wildman–Crippen LogP) is 3.27. The largest absolute Gasteiger partial charge is 0.393 e. The summed E-state index contributed by atoms with van der Waals surface area (Å²) in [5.74, 6) is 0.801. The van der Waals surface area contributed by atoms with Crippen LogP contribution in [0, 0.1) is 0 Å². The first-order chi connectivity index (χ1) is 7.27. The molecule has 1 nitrogen and oxygen atoms in total. The standard InChI is InChI=1S/C14H20O/c1-11(15)9-10-13-5-2-3-8-14(13)12-6-4-7-12/h2-3,5,8,11-12,15H,4,6-7,9-10H2,1H3. The Hall–Kier alpha value is -0.820. The zero-order valence-corrected chi connectivity index (χ0v) is 9.45. The summed E-state index contributed by atoms with van der Waals surface area (Å²) < 4.78 is 0. The van der Waals surface area contributed by atoms with Crippen LogP contribution < -0.4 is 0 Å². The van der Waals surface area contributed by atoms with Crippen molar-refractivity contribution in [3.05, 3.63) is 35.4 Å². The minimum absolute atomic E-state index is 0.181. The molecule has 0 aromatic heterocycles. The van der Waals surface area contributed by atoms with E-state index < -0.39 is 0 Å². The summed E-state index contributed by atoms with van der Waals surface area (Å²) in [7, 11) is 0. The molecule has 1 saturated carbocycles. The van der Waals surface area contributed by atoms with Gasteiger partial charge in [0.1, 0.15) is 0 Å². The quantitative estimate of drug-likeness (QED) is 0.798. The number of aryl methyl sites for hydroxylation is 1. The first-order valence-electron chi connectivity index (χ1n) is 6.03. The Morgan fingerprint density at radius 2 is 2.07 bits per heavy atom. The van der Waals surface area contributed by atoms with Gasteiger partial charge in [-0.25, -0.2) is 0 Å². The molecule has 1 fully saturated rings. The van der Waals surface area contributed by atoms with Gasteiger partial charge in [-0.15, -0.1) is 0 Å². The van der Waals surface area contributed by atoms with Crippen LogP contribution in [0.25, 0.3) is 0 Å². The van der Waals surface area contributed by atoms with Gasteiger partial charge in [-0.2, -0.15) is 0 Å². The summed E-state index contributed by atoms with van der Waals surface area (Å²) in [6.07, 6.45) is 5.81. The second-order valence-electron chi connectivity index (χ2n) is 4.71. The minimum Gasteiger partial charge on any atom is -0.393 e. The van der Waals surface area contributed by atoms with Gasteiger partial charge in [-0.1, -0.05) is 30.7 Å². The van der Waals surface area contributed by atoms with Gasteiger partial charge in [0.25, 0.3) is 0 Å². The molecule has 0 spiro atoms. The third-order valence-corrected chi connectivity index (χ3v) is 3.43. The zero-order chi connectivity index (χ0) is 10.7. The summed E-state index contributed by atoms with van der Waals surface area (Å²) in [5.41, 5.74) is 2.98. The van der Waals surface area contributed by atoms with E-state index in [1.807, 2.05) is 6.92 Å². The van der Waals surface area contributed by atoms with Crippen LogP contribution in [-0.4, -0.2) is 11.2 Å². The molecule has 1 unspecified atom stereocenters. The number of hydrogen-bond donors (Lipinski definition) is 1. The molecule has 2 rings (SSSR count). The van der Waals surface area contributed by atoms with E-state index in [9.17, 15) is 5.11 Å². The molecule has 0 amide bonds. The van der Waals surface area contributed by atoms with Gasteiger partial charge in [0, 0.05) is 0 Å². The van der Waals surface area contributed by atoms with E-state index in [-0.39, 0.29) is 6.10 Å². The van der Waals surface area contributed by atoms with Crippen molar-refractivity contribution >= 4 is 0 Å². The summed E-state index contributed by atoms with van der Waals surface area (Å²) in [6.45, 7) is 1.87.